The van der Waals surface area contributed by atoms with Gasteiger partial charge >= 0.3 is 0 Å². The van der Waals surface area contributed by atoms with Crippen LogP contribution in [0.15, 0.2) is 12.1 Å². The fraction of sp³-hybridized carbons (Fsp3) is 0.308. The van der Waals surface area contributed by atoms with Crippen LogP contribution in [0.3, 0.4) is 0 Å². The Morgan fingerprint density at radius 3 is 2.79 bits per heavy atom. The highest BCUT2D eigenvalue weighted by atomic mass is 32.2. The molecule has 0 heterocycles. The highest BCUT2D eigenvalue weighted by molar-refractivity contribution is 8.13. The maximum Gasteiger partial charge on any atom is 0.274 e. The van der Waals surface area contributed by atoms with Gasteiger partial charge in [-0.25, -0.2) is 0 Å². The van der Waals surface area contributed by atoms with Crippen LogP contribution >= 0.6 is 11.8 Å². The van der Waals surface area contributed by atoms with E-state index in [0.717, 1.165) is 0 Å². The minimum absolute atomic E-state index is 0.00446. The summed E-state index contributed by atoms with van der Waals surface area (Å²) in [6.45, 7) is 3.16. The summed E-state index contributed by atoms with van der Waals surface area (Å²) in [7, 11) is 0. The average Bonchev–Trinajstić information content (AvgIpc) is 2.31. The molecule has 19 heavy (non-hydrogen) atoms. The number of nitro benzene ring substituents is 1. The van der Waals surface area contributed by atoms with E-state index in [9.17, 15) is 14.9 Å². The van der Waals surface area contributed by atoms with E-state index in [1.54, 1.807) is 13.0 Å². The van der Waals surface area contributed by atoms with Crippen molar-refractivity contribution in [2.75, 3.05) is 11.5 Å². The number of rotatable bonds is 3. The number of hydrogen-bond acceptors (Lipinski definition) is 5. The van der Waals surface area contributed by atoms with Gasteiger partial charge < -0.3 is 5.73 Å². The van der Waals surface area contributed by atoms with Crippen LogP contribution in [-0.4, -0.2) is 15.8 Å². The third-order valence-electron chi connectivity index (χ3n) is 2.32. The average molecular weight is 278 g/mol. The molecule has 6 heteroatoms. The Bertz CT molecular complexity index is 573. The predicted molar refractivity (Wildman–Crippen MR) is 76.9 cm³/mol. The van der Waals surface area contributed by atoms with E-state index in [-0.39, 0.29) is 10.8 Å². The lowest BCUT2D eigenvalue weighted by atomic mass is 10.1. The second-order valence-corrected chi connectivity index (χ2v) is 5.15. The summed E-state index contributed by atoms with van der Waals surface area (Å²) >= 11 is 1.22. The summed E-state index contributed by atoms with van der Waals surface area (Å²) in [4.78, 5) is 21.0. The molecular weight excluding hydrogens is 264 g/mol. The Labute approximate surface area is 115 Å². The van der Waals surface area contributed by atoms with Crippen molar-refractivity contribution in [3.05, 3.63) is 33.4 Å². The van der Waals surface area contributed by atoms with E-state index < -0.39 is 4.92 Å². The Morgan fingerprint density at radius 2 is 2.21 bits per heavy atom. The molecule has 0 fully saturated rings. The number of nitro groups is 1. The summed E-state index contributed by atoms with van der Waals surface area (Å²) in [5.41, 5.74) is 7.12. The molecule has 0 saturated heterocycles. The molecule has 0 spiro atoms. The van der Waals surface area contributed by atoms with Gasteiger partial charge in [0.25, 0.3) is 5.69 Å². The number of benzene rings is 1. The first-order valence-corrected chi connectivity index (χ1v) is 6.57. The molecule has 0 bridgehead atoms. The molecule has 0 amide bonds. The zero-order valence-electron chi connectivity index (χ0n) is 10.7. The standard InChI is InChI=1S/C13H14N2O3S/c1-9-7-11(5-3-4-6-19-10(2)16)12(14)8-13(9)15(17)18/h7-8H,4,6,14H2,1-2H3. The Kier molecular flexibility index (Phi) is 5.39. The van der Waals surface area contributed by atoms with Gasteiger partial charge in [-0.1, -0.05) is 23.6 Å². The molecule has 0 aliphatic heterocycles. The first kappa shape index (κ1) is 15.1. The third kappa shape index (κ3) is 4.64. The number of thioether (sulfide) groups is 1. The van der Waals surface area contributed by atoms with Crippen molar-refractivity contribution >= 4 is 28.3 Å². The molecule has 0 aliphatic rings. The van der Waals surface area contributed by atoms with Crippen molar-refractivity contribution in [1.29, 1.82) is 0 Å². The normalized spacial score (nSPS) is 9.58. The fourth-order valence-electron chi connectivity index (χ4n) is 1.42. The molecule has 0 unspecified atom stereocenters. The zero-order valence-corrected chi connectivity index (χ0v) is 11.5. The SMILES string of the molecule is CC(=O)SCCC#Cc1cc(C)c([N+](=O)[O-])cc1N. The molecule has 1 aromatic rings. The first-order valence-electron chi connectivity index (χ1n) is 5.58. The van der Waals surface area contributed by atoms with Gasteiger partial charge in [0.15, 0.2) is 5.12 Å². The van der Waals surface area contributed by atoms with E-state index in [0.29, 0.717) is 29.0 Å². The van der Waals surface area contributed by atoms with Crippen LogP contribution in [0.1, 0.15) is 24.5 Å². The summed E-state index contributed by atoms with van der Waals surface area (Å²) in [5.74, 6) is 6.41. The van der Waals surface area contributed by atoms with E-state index in [4.69, 9.17) is 5.73 Å². The molecule has 5 nitrogen and oxygen atoms in total. The van der Waals surface area contributed by atoms with E-state index in [1.165, 1.54) is 24.8 Å². The van der Waals surface area contributed by atoms with Gasteiger partial charge in [-0.3, -0.25) is 14.9 Å². The van der Waals surface area contributed by atoms with Crippen molar-refractivity contribution < 1.29 is 9.72 Å². The molecule has 1 aromatic carbocycles. The second kappa shape index (κ2) is 6.81. The van der Waals surface area contributed by atoms with Gasteiger partial charge in [-0.15, -0.1) is 0 Å². The summed E-state index contributed by atoms with van der Waals surface area (Å²) in [6.07, 6.45) is 0.569. The van der Waals surface area contributed by atoms with Crippen molar-refractivity contribution in [2.45, 2.75) is 20.3 Å². The fourth-order valence-corrected chi connectivity index (χ4v) is 1.91. The number of hydrogen-bond donors (Lipinski definition) is 1. The minimum Gasteiger partial charge on any atom is -0.398 e. The molecule has 1 rings (SSSR count). The second-order valence-electron chi connectivity index (χ2n) is 3.87. The van der Waals surface area contributed by atoms with Crippen LogP contribution in [0, 0.1) is 28.9 Å². The zero-order chi connectivity index (χ0) is 14.4. The molecule has 2 N–H and O–H groups in total. The van der Waals surface area contributed by atoms with Crippen LogP contribution in [0.2, 0.25) is 0 Å². The Morgan fingerprint density at radius 1 is 1.53 bits per heavy atom. The highest BCUT2D eigenvalue weighted by Gasteiger charge is 2.12. The number of nitrogens with zero attached hydrogens (tertiary/aromatic N) is 1. The first-order chi connectivity index (χ1) is 8.91. The molecule has 0 atom stereocenters. The van der Waals surface area contributed by atoms with Crippen molar-refractivity contribution in [2.24, 2.45) is 0 Å². The van der Waals surface area contributed by atoms with Gasteiger partial charge in [0, 0.05) is 36.3 Å². The maximum absolute atomic E-state index is 10.7. The monoisotopic (exact) mass is 278 g/mol. The number of carbonyl (C=O) groups is 1. The molecule has 100 valence electrons. The van der Waals surface area contributed by atoms with Crippen LogP contribution in [0.25, 0.3) is 0 Å². The number of carbonyl (C=O) groups excluding carboxylic acids is 1. The Balaban J connectivity index is 2.80. The van der Waals surface area contributed by atoms with Crippen LogP contribution in [0.4, 0.5) is 11.4 Å². The van der Waals surface area contributed by atoms with E-state index >= 15 is 0 Å². The van der Waals surface area contributed by atoms with E-state index in [1.807, 2.05) is 0 Å². The van der Waals surface area contributed by atoms with Crippen molar-refractivity contribution in [3.8, 4) is 11.8 Å². The quantitative estimate of drug-likeness (QED) is 0.302. The summed E-state index contributed by atoms with van der Waals surface area (Å²) < 4.78 is 0. The van der Waals surface area contributed by atoms with Crippen LogP contribution in [-0.2, 0) is 4.79 Å². The number of nitrogens with two attached hydrogens (primary N) is 1. The van der Waals surface area contributed by atoms with Crippen LogP contribution in [0.5, 0.6) is 0 Å². The smallest absolute Gasteiger partial charge is 0.274 e. The lowest BCUT2D eigenvalue weighted by Gasteiger charge is -2.01. The van der Waals surface area contributed by atoms with Crippen LogP contribution < -0.4 is 5.73 Å². The predicted octanol–water partition coefficient (Wildman–Crippen LogP) is 2.51. The third-order valence-corrected chi connectivity index (χ3v) is 3.14. The van der Waals surface area contributed by atoms with Crippen molar-refractivity contribution in [3.63, 3.8) is 0 Å². The van der Waals surface area contributed by atoms with E-state index in [2.05, 4.69) is 11.8 Å². The molecule has 0 saturated carbocycles. The van der Waals surface area contributed by atoms with Gasteiger partial charge in [-0.05, 0) is 13.0 Å². The number of aryl methyl sites for hydroxylation is 1. The Hall–Kier alpha value is -2.00. The number of anilines is 1. The highest BCUT2D eigenvalue weighted by Crippen LogP contribution is 2.24. The minimum atomic E-state index is -0.466. The van der Waals surface area contributed by atoms with Gasteiger partial charge in [-0.2, -0.15) is 0 Å². The van der Waals surface area contributed by atoms with Gasteiger partial charge in [0.2, 0.25) is 0 Å². The topological polar surface area (TPSA) is 86.2 Å². The van der Waals surface area contributed by atoms with Gasteiger partial charge in [0.1, 0.15) is 0 Å². The maximum atomic E-state index is 10.7. The lowest BCUT2D eigenvalue weighted by Crippen LogP contribution is -1.97. The van der Waals surface area contributed by atoms with Gasteiger partial charge in [0.05, 0.1) is 10.6 Å². The largest absolute Gasteiger partial charge is 0.398 e. The lowest BCUT2D eigenvalue weighted by molar-refractivity contribution is -0.385. The summed E-state index contributed by atoms with van der Waals surface area (Å²) in [6, 6.07) is 2.93. The summed E-state index contributed by atoms with van der Waals surface area (Å²) in [5, 5.41) is 10.8. The molecular formula is C13H14N2O3S. The number of nitrogen functional groups attached to an aromatic ring is 1. The van der Waals surface area contributed by atoms with Crippen molar-refractivity contribution in [1.82, 2.24) is 0 Å². The molecule has 0 aromatic heterocycles. The molecule has 0 radical (unpaired) electrons. The molecule has 0 aliphatic carbocycles.